The summed E-state index contributed by atoms with van der Waals surface area (Å²) < 4.78 is 6.74. The predicted octanol–water partition coefficient (Wildman–Crippen LogP) is 3.14. The molecule has 3 amide bonds. The lowest BCUT2D eigenvalue weighted by molar-refractivity contribution is -0.149. The van der Waals surface area contributed by atoms with Crippen molar-refractivity contribution in [2.75, 3.05) is 19.0 Å². The van der Waals surface area contributed by atoms with Crippen LogP contribution in [0.5, 0.6) is 0 Å². The molecule has 8 heteroatoms. The summed E-state index contributed by atoms with van der Waals surface area (Å²) in [6.07, 6.45) is 0.826. The van der Waals surface area contributed by atoms with Gasteiger partial charge >= 0.3 is 0 Å². The molecule has 3 heterocycles. The lowest BCUT2D eigenvalue weighted by atomic mass is 9.62. The third-order valence-electron chi connectivity index (χ3n) is 9.47. The summed E-state index contributed by atoms with van der Waals surface area (Å²) in [5, 5.41) is 18.4. The van der Waals surface area contributed by atoms with Gasteiger partial charge in [-0.15, -0.1) is 0 Å². The van der Waals surface area contributed by atoms with Crippen LogP contribution in [0, 0.1) is 17.8 Å². The van der Waals surface area contributed by atoms with E-state index in [1.54, 1.807) is 7.05 Å². The van der Waals surface area contributed by atoms with Crippen molar-refractivity contribution in [2.24, 2.45) is 17.8 Å². The van der Waals surface area contributed by atoms with Gasteiger partial charge in [0.1, 0.15) is 11.6 Å². The Morgan fingerprint density at radius 2 is 1.75 bits per heavy atom. The molecule has 6 rings (SSSR count). The smallest absolute Gasteiger partial charge is 0.250 e. The molecule has 1 spiro atoms. The lowest BCUT2D eigenvalue weighted by Crippen LogP contribution is -2.57. The number of fused-ring (bicyclic) bond motifs is 2. The van der Waals surface area contributed by atoms with Crippen molar-refractivity contribution in [1.29, 1.82) is 0 Å². The highest BCUT2D eigenvalue weighted by Crippen LogP contribution is 2.65. The Morgan fingerprint density at radius 3 is 2.45 bits per heavy atom. The number of anilines is 1. The number of aliphatic hydroxyl groups excluding tert-OH is 1. The van der Waals surface area contributed by atoms with Gasteiger partial charge in [-0.05, 0) is 54.2 Å². The van der Waals surface area contributed by atoms with E-state index in [1.807, 2.05) is 86.6 Å². The van der Waals surface area contributed by atoms with Crippen molar-refractivity contribution in [3.8, 4) is 0 Å². The highest BCUT2D eigenvalue weighted by atomic mass is 16.5. The first-order chi connectivity index (χ1) is 19.2. The Bertz CT molecular complexity index is 1480. The van der Waals surface area contributed by atoms with Crippen LogP contribution in [0.1, 0.15) is 25.8 Å². The monoisotopic (exact) mass is 541 g/mol. The number of amides is 3. The number of carbonyl (C=O) groups is 3. The zero-order valence-electron chi connectivity index (χ0n) is 23.0. The molecular weight excluding hydrogens is 506 g/mol. The third-order valence-corrected chi connectivity index (χ3v) is 9.47. The molecule has 40 heavy (non-hydrogen) atoms. The summed E-state index contributed by atoms with van der Waals surface area (Å²) in [7, 11) is 1.56. The molecule has 2 bridgehead atoms. The number of likely N-dealkylation sites (tertiary alicyclic amines) is 1. The number of carbonyl (C=O) groups excluding carboxylic acids is 3. The van der Waals surface area contributed by atoms with Crippen LogP contribution in [0.15, 0.2) is 72.8 Å². The fraction of sp³-hybridized carbons (Fsp3) is 0.406. The highest BCUT2D eigenvalue weighted by Gasteiger charge is 2.80. The second kappa shape index (κ2) is 9.71. The van der Waals surface area contributed by atoms with E-state index in [9.17, 15) is 19.5 Å². The van der Waals surface area contributed by atoms with E-state index in [2.05, 4.69) is 10.6 Å². The van der Waals surface area contributed by atoms with Gasteiger partial charge in [0.25, 0.3) is 0 Å². The van der Waals surface area contributed by atoms with Crippen molar-refractivity contribution >= 4 is 34.2 Å². The quantitative estimate of drug-likeness (QED) is 0.426. The van der Waals surface area contributed by atoms with Gasteiger partial charge in [-0.2, -0.15) is 0 Å². The van der Waals surface area contributed by atoms with E-state index in [1.165, 1.54) is 4.90 Å². The van der Waals surface area contributed by atoms with E-state index >= 15 is 0 Å². The molecule has 208 valence electrons. The van der Waals surface area contributed by atoms with Crippen LogP contribution in [0.3, 0.4) is 0 Å². The zero-order chi connectivity index (χ0) is 28.2. The average Bonchev–Trinajstić information content (AvgIpc) is 3.48. The lowest BCUT2D eigenvalue weighted by Gasteiger charge is -2.37. The maximum Gasteiger partial charge on any atom is 0.250 e. The van der Waals surface area contributed by atoms with Crippen molar-refractivity contribution in [3.05, 3.63) is 78.4 Å². The first-order valence-electron chi connectivity index (χ1n) is 13.9. The normalized spacial score (nSPS) is 31.3. The standard InChI is InChI=1S/C32H35N3O5/c1-19-17-32-26(25(28(37)33-3)31(19,2)40-32)30(39)35(24(18-36)15-20-9-5-4-6-10-20)27(32)29(38)34-23-14-13-21-11-7-8-12-22(21)16-23/h4-14,16,19,24-27,36H,15,17-18H2,1-3H3,(H,33,37)(H,34,38)/t19?,24-,25+,26+,27?,31-,32?/m1/s1. The number of nitrogens with one attached hydrogen (secondary N) is 2. The van der Waals surface area contributed by atoms with E-state index in [0.717, 1.165) is 16.3 Å². The molecule has 3 saturated heterocycles. The molecule has 3 aromatic carbocycles. The van der Waals surface area contributed by atoms with Gasteiger partial charge in [-0.3, -0.25) is 14.4 Å². The molecule has 3 N–H and O–H groups in total. The first kappa shape index (κ1) is 26.5. The summed E-state index contributed by atoms with van der Waals surface area (Å²) in [5.41, 5.74) is -0.532. The van der Waals surface area contributed by atoms with Gasteiger partial charge in [0.15, 0.2) is 0 Å². The highest BCUT2D eigenvalue weighted by molar-refractivity contribution is 6.04. The Morgan fingerprint density at radius 1 is 1.05 bits per heavy atom. The molecule has 3 aliphatic heterocycles. The van der Waals surface area contributed by atoms with Crippen LogP contribution in [-0.2, 0) is 25.5 Å². The van der Waals surface area contributed by atoms with Gasteiger partial charge in [0.2, 0.25) is 17.7 Å². The van der Waals surface area contributed by atoms with Gasteiger partial charge in [0.05, 0.1) is 30.1 Å². The zero-order valence-corrected chi connectivity index (χ0v) is 23.0. The maximum absolute atomic E-state index is 14.4. The van der Waals surface area contributed by atoms with Crippen molar-refractivity contribution in [3.63, 3.8) is 0 Å². The topological polar surface area (TPSA) is 108 Å². The fourth-order valence-corrected chi connectivity index (χ4v) is 7.54. The van der Waals surface area contributed by atoms with Crippen LogP contribution in [0.4, 0.5) is 5.69 Å². The summed E-state index contributed by atoms with van der Waals surface area (Å²) in [6.45, 7) is 3.56. The van der Waals surface area contributed by atoms with Crippen LogP contribution >= 0.6 is 0 Å². The van der Waals surface area contributed by atoms with E-state index < -0.39 is 35.1 Å². The fourth-order valence-electron chi connectivity index (χ4n) is 7.54. The minimum absolute atomic E-state index is 0.0588. The van der Waals surface area contributed by atoms with Gasteiger partial charge < -0.3 is 25.4 Å². The SMILES string of the molecule is CNC(=O)[C@@H]1[C@H]2C(=O)N([C@@H](CO)Cc3ccccc3)C(C(=O)Nc3ccc4ccccc4c3)C23CC(C)[C@@]1(C)O3. The summed E-state index contributed by atoms with van der Waals surface area (Å²) in [6, 6.07) is 21.5. The number of benzene rings is 3. The second-order valence-electron chi connectivity index (χ2n) is 11.6. The van der Waals surface area contributed by atoms with E-state index in [0.29, 0.717) is 18.5 Å². The number of aliphatic hydroxyl groups is 1. The Balaban J connectivity index is 1.43. The van der Waals surface area contributed by atoms with E-state index in [-0.39, 0.29) is 30.2 Å². The number of hydrogen-bond acceptors (Lipinski definition) is 5. The molecule has 0 aromatic heterocycles. The number of rotatable bonds is 7. The first-order valence-corrected chi connectivity index (χ1v) is 13.9. The van der Waals surface area contributed by atoms with Crippen LogP contribution < -0.4 is 10.6 Å². The van der Waals surface area contributed by atoms with Gasteiger partial charge in [-0.1, -0.05) is 67.6 Å². The molecule has 0 saturated carbocycles. The number of ether oxygens (including phenoxy) is 1. The van der Waals surface area contributed by atoms with Gasteiger partial charge in [0, 0.05) is 12.7 Å². The minimum atomic E-state index is -1.19. The molecule has 3 aliphatic rings. The average molecular weight is 542 g/mol. The summed E-state index contributed by atoms with van der Waals surface area (Å²) >= 11 is 0. The van der Waals surface area contributed by atoms with E-state index in [4.69, 9.17) is 4.74 Å². The van der Waals surface area contributed by atoms with Crippen molar-refractivity contribution < 1.29 is 24.2 Å². The van der Waals surface area contributed by atoms with Crippen molar-refractivity contribution in [2.45, 2.75) is 50.0 Å². The number of nitrogens with zero attached hydrogens (tertiary/aromatic N) is 1. The van der Waals surface area contributed by atoms with Crippen molar-refractivity contribution in [1.82, 2.24) is 10.2 Å². The summed E-state index contributed by atoms with van der Waals surface area (Å²) in [5.74, 6) is -2.61. The molecule has 7 atom stereocenters. The molecule has 0 radical (unpaired) electrons. The maximum atomic E-state index is 14.4. The predicted molar refractivity (Wildman–Crippen MR) is 151 cm³/mol. The summed E-state index contributed by atoms with van der Waals surface area (Å²) in [4.78, 5) is 43.4. The largest absolute Gasteiger partial charge is 0.394 e. The molecule has 3 unspecified atom stereocenters. The molecular formula is C32H35N3O5. The Hall–Kier alpha value is -3.75. The number of hydrogen-bond donors (Lipinski definition) is 3. The molecule has 3 aromatic rings. The molecule has 8 nitrogen and oxygen atoms in total. The van der Waals surface area contributed by atoms with Crippen LogP contribution in [-0.4, -0.2) is 64.7 Å². The molecule has 3 fully saturated rings. The second-order valence-corrected chi connectivity index (χ2v) is 11.6. The Labute approximate surface area is 233 Å². The Kier molecular flexibility index (Phi) is 6.43. The molecule has 0 aliphatic carbocycles. The minimum Gasteiger partial charge on any atom is -0.394 e. The van der Waals surface area contributed by atoms with Crippen LogP contribution in [0.2, 0.25) is 0 Å². The van der Waals surface area contributed by atoms with Crippen LogP contribution in [0.25, 0.3) is 10.8 Å². The van der Waals surface area contributed by atoms with Gasteiger partial charge in [-0.25, -0.2) is 0 Å². The third kappa shape index (κ3) is 3.84.